The number of nitrogens with zero attached hydrogens (tertiary/aromatic N) is 1. The van der Waals surface area contributed by atoms with Crippen LogP contribution in [0, 0.1) is 0 Å². The van der Waals surface area contributed by atoms with Crippen molar-refractivity contribution in [2.75, 3.05) is 19.8 Å². The van der Waals surface area contributed by atoms with E-state index < -0.39 is 0 Å². The number of rotatable bonds is 5. The highest BCUT2D eigenvalue weighted by Gasteiger charge is 2.34. The topological polar surface area (TPSA) is 38.5 Å². The molecule has 4 heteroatoms. The van der Waals surface area contributed by atoms with Gasteiger partial charge in [0, 0.05) is 38.3 Å². The molecule has 2 N–H and O–H groups in total. The molecule has 0 radical (unpaired) electrons. The fourth-order valence-electron chi connectivity index (χ4n) is 2.33. The van der Waals surface area contributed by atoms with Gasteiger partial charge in [0.25, 0.3) is 0 Å². The summed E-state index contributed by atoms with van der Waals surface area (Å²) in [6, 6.07) is 1.52. The number of hydrogen-bond donors (Lipinski definition) is 1. The fraction of sp³-hybridized carbons (Fsp3) is 0.909. The van der Waals surface area contributed by atoms with Crippen molar-refractivity contribution in [3.63, 3.8) is 0 Å². The summed E-state index contributed by atoms with van der Waals surface area (Å²) < 4.78 is 5.40. The lowest BCUT2D eigenvalue weighted by Crippen LogP contribution is -2.42. The van der Waals surface area contributed by atoms with Crippen LogP contribution in [0.25, 0.3) is 0 Å². The minimum absolute atomic E-state index is 0.646. The van der Waals surface area contributed by atoms with Gasteiger partial charge in [-0.2, -0.15) is 0 Å². The second-order valence-electron chi connectivity index (χ2n) is 4.53. The molecule has 2 rings (SSSR count). The standard InChI is InChI=1S/C11H20N2OS/c12-11(15)3-6-13(9-1-2-9)10-4-7-14-8-5-10/h9-10H,1-8H2,(H2,12,15). The number of thiocarbonyl (C=S) groups is 1. The van der Waals surface area contributed by atoms with E-state index in [0.717, 1.165) is 32.2 Å². The second-order valence-corrected chi connectivity index (χ2v) is 5.05. The molecule has 0 amide bonds. The maximum absolute atomic E-state index is 5.57. The summed E-state index contributed by atoms with van der Waals surface area (Å²) in [5.41, 5.74) is 5.57. The lowest BCUT2D eigenvalue weighted by molar-refractivity contribution is 0.0319. The van der Waals surface area contributed by atoms with Crippen LogP contribution in [0.5, 0.6) is 0 Å². The van der Waals surface area contributed by atoms with E-state index in [4.69, 9.17) is 22.7 Å². The van der Waals surface area contributed by atoms with Crippen molar-refractivity contribution >= 4 is 17.2 Å². The van der Waals surface area contributed by atoms with E-state index in [0.29, 0.717) is 11.0 Å². The Morgan fingerprint density at radius 2 is 1.80 bits per heavy atom. The van der Waals surface area contributed by atoms with Crippen molar-refractivity contribution in [3.8, 4) is 0 Å². The summed E-state index contributed by atoms with van der Waals surface area (Å²) in [6.45, 7) is 2.88. The highest BCUT2D eigenvalue weighted by atomic mass is 32.1. The van der Waals surface area contributed by atoms with E-state index in [1.165, 1.54) is 25.7 Å². The molecule has 2 fully saturated rings. The normalized spacial score (nSPS) is 23.3. The Kier molecular flexibility index (Phi) is 3.94. The summed E-state index contributed by atoms with van der Waals surface area (Å²) in [5, 5.41) is 0. The van der Waals surface area contributed by atoms with Gasteiger partial charge in [-0.1, -0.05) is 12.2 Å². The molecule has 1 aliphatic carbocycles. The van der Waals surface area contributed by atoms with Gasteiger partial charge >= 0.3 is 0 Å². The van der Waals surface area contributed by atoms with E-state index >= 15 is 0 Å². The molecule has 15 heavy (non-hydrogen) atoms. The Balaban J connectivity index is 1.83. The molecular weight excluding hydrogens is 208 g/mol. The van der Waals surface area contributed by atoms with Crippen molar-refractivity contribution < 1.29 is 4.74 Å². The van der Waals surface area contributed by atoms with Crippen LogP contribution >= 0.6 is 12.2 Å². The van der Waals surface area contributed by atoms with Gasteiger partial charge in [0.1, 0.15) is 0 Å². The summed E-state index contributed by atoms with van der Waals surface area (Å²) in [5.74, 6) is 0. The molecule has 0 atom stereocenters. The van der Waals surface area contributed by atoms with Crippen molar-refractivity contribution in [3.05, 3.63) is 0 Å². The van der Waals surface area contributed by atoms with Crippen LogP contribution in [0.2, 0.25) is 0 Å². The molecule has 2 aliphatic rings. The largest absolute Gasteiger partial charge is 0.393 e. The smallest absolute Gasteiger partial charge is 0.0740 e. The average molecular weight is 228 g/mol. The zero-order chi connectivity index (χ0) is 10.7. The molecule has 0 unspecified atom stereocenters. The number of ether oxygens (including phenoxy) is 1. The van der Waals surface area contributed by atoms with E-state index in [-0.39, 0.29) is 0 Å². The third-order valence-electron chi connectivity index (χ3n) is 3.29. The Bertz CT molecular complexity index is 225. The van der Waals surface area contributed by atoms with Crippen LogP contribution in [0.15, 0.2) is 0 Å². The number of hydrogen-bond acceptors (Lipinski definition) is 3. The van der Waals surface area contributed by atoms with Gasteiger partial charge < -0.3 is 10.5 Å². The molecule has 3 nitrogen and oxygen atoms in total. The van der Waals surface area contributed by atoms with Crippen LogP contribution < -0.4 is 5.73 Å². The van der Waals surface area contributed by atoms with Crippen LogP contribution in [0.4, 0.5) is 0 Å². The predicted molar refractivity (Wildman–Crippen MR) is 65.0 cm³/mol. The Morgan fingerprint density at radius 1 is 1.20 bits per heavy atom. The van der Waals surface area contributed by atoms with Gasteiger partial charge in [0.15, 0.2) is 0 Å². The molecule has 1 heterocycles. The predicted octanol–water partition coefficient (Wildman–Crippen LogP) is 1.31. The zero-order valence-electron chi connectivity index (χ0n) is 9.15. The minimum atomic E-state index is 0.646. The highest BCUT2D eigenvalue weighted by Crippen LogP contribution is 2.31. The lowest BCUT2D eigenvalue weighted by Gasteiger charge is -2.34. The molecule has 1 saturated carbocycles. The van der Waals surface area contributed by atoms with Crippen LogP contribution in [0.1, 0.15) is 32.1 Å². The molecule has 86 valence electrons. The second kappa shape index (κ2) is 5.23. The zero-order valence-corrected chi connectivity index (χ0v) is 9.97. The van der Waals surface area contributed by atoms with Crippen LogP contribution in [-0.2, 0) is 4.74 Å². The molecule has 0 aromatic rings. The number of nitrogens with two attached hydrogens (primary N) is 1. The van der Waals surface area contributed by atoms with Gasteiger partial charge in [-0.05, 0) is 25.7 Å². The quantitative estimate of drug-likeness (QED) is 0.720. The monoisotopic (exact) mass is 228 g/mol. The van der Waals surface area contributed by atoms with Gasteiger partial charge in [-0.15, -0.1) is 0 Å². The Hall–Kier alpha value is -0.190. The Labute approximate surface area is 96.9 Å². The first-order chi connectivity index (χ1) is 7.27. The van der Waals surface area contributed by atoms with Gasteiger partial charge in [-0.25, -0.2) is 0 Å². The maximum atomic E-state index is 5.57. The van der Waals surface area contributed by atoms with Gasteiger partial charge in [0.2, 0.25) is 0 Å². The molecule has 0 aromatic heterocycles. The molecular formula is C11H20N2OS. The summed E-state index contributed by atoms with van der Waals surface area (Å²) in [4.78, 5) is 3.26. The van der Waals surface area contributed by atoms with Crippen molar-refractivity contribution in [1.29, 1.82) is 0 Å². The third kappa shape index (κ3) is 3.40. The first kappa shape index (κ1) is 11.3. The van der Waals surface area contributed by atoms with Crippen molar-refractivity contribution in [1.82, 2.24) is 4.90 Å². The molecule has 0 bridgehead atoms. The molecule has 0 spiro atoms. The molecule has 0 aromatic carbocycles. The summed E-state index contributed by atoms with van der Waals surface area (Å²) in [6.07, 6.45) is 5.92. The van der Waals surface area contributed by atoms with Crippen molar-refractivity contribution in [2.24, 2.45) is 5.73 Å². The molecule has 1 aliphatic heterocycles. The van der Waals surface area contributed by atoms with E-state index in [9.17, 15) is 0 Å². The lowest BCUT2D eigenvalue weighted by atomic mass is 10.1. The highest BCUT2D eigenvalue weighted by molar-refractivity contribution is 7.80. The third-order valence-corrected chi connectivity index (χ3v) is 3.50. The maximum Gasteiger partial charge on any atom is 0.0740 e. The first-order valence-corrected chi connectivity index (χ1v) is 6.30. The van der Waals surface area contributed by atoms with E-state index in [1.807, 2.05) is 0 Å². The fourth-order valence-corrected chi connectivity index (χ4v) is 2.42. The minimum Gasteiger partial charge on any atom is -0.393 e. The first-order valence-electron chi connectivity index (χ1n) is 5.89. The van der Waals surface area contributed by atoms with E-state index in [2.05, 4.69) is 4.90 Å². The SMILES string of the molecule is NC(=S)CCN(C1CCOCC1)C1CC1. The molecule has 1 saturated heterocycles. The van der Waals surface area contributed by atoms with Crippen LogP contribution in [0.3, 0.4) is 0 Å². The average Bonchev–Trinajstić information content (AvgIpc) is 3.03. The Morgan fingerprint density at radius 3 is 2.33 bits per heavy atom. The van der Waals surface area contributed by atoms with Gasteiger partial charge in [0.05, 0.1) is 4.99 Å². The van der Waals surface area contributed by atoms with Crippen LogP contribution in [-0.4, -0.2) is 41.7 Å². The van der Waals surface area contributed by atoms with Gasteiger partial charge in [-0.3, -0.25) is 4.90 Å². The van der Waals surface area contributed by atoms with Crippen molar-refractivity contribution in [2.45, 2.75) is 44.2 Å². The van der Waals surface area contributed by atoms with E-state index in [1.54, 1.807) is 0 Å². The summed E-state index contributed by atoms with van der Waals surface area (Å²) in [7, 11) is 0. The summed E-state index contributed by atoms with van der Waals surface area (Å²) >= 11 is 4.95.